The van der Waals surface area contributed by atoms with E-state index in [1.165, 1.54) is 19.3 Å². The van der Waals surface area contributed by atoms with E-state index < -0.39 is 0 Å². The molecule has 1 N–H and O–H groups in total. The predicted octanol–water partition coefficient (Wildman–Crippen LogP) is 4.64. The first-order chi connectivity index (χ1) is 12.5. The molecule has 0 amide bonds. The normalized spacial score (nSPS) is 18.6. The highest BCUT2D eigenvalue weighted by molar-refractivity contribution is 5.81. The standard InChI is InChI=1S/C22H32N2O2/c1-5-17-8-6-7-11-24(17)13-20-16(4)23-21-10-9-18(26-14-15(2)3)12-19(21)22(20)25/h9-10,12,15,17H,5-8,11,13-14H2,1-4H3,(H,23,25)/t17-/m1/s1. The Balaban J connectivity index is 1.93. The summed E-state index contributed by atoms with van der Waals surface area (Å²) in [5, 5.41) is 0.733. The van der Waals surface area contributed by atoms with Gasteiger partial charge in [0.25, 0.3) is 0 Å². The van der Waals surface area contributed by atoms with Gasteiger partial charge in [-0.15, -0.1) is 0 Å². The molecule has 1 aromatic carbocycles. The quantitative estimate of drug-likeness (QED) is 0.820. The number of hydrogen-bond acceptors (Lipinski definition) is 3. The second-order valence-corrected chi connectivity index (χ2v) is 8.00. The van der Waals surface area contributed by atoms with Crippen LogP contribution in [0, 0.1) is 12.8 Å². The van der Waals surface area contributed by atoms with E-state index in [0.717, 1.165) is 47.4 Å². The molecule has 3 rings (SSSR count). The highest BCUT2D eigenvalue weighted by Crippen LogP contribution is 2.23. The molecule has 2 heterocycles. The number of aromatic amines is 1. The van der Waals surface area contributed by atoms with Crippen molar-refractivity contribution in [1.29, 1.82) is 0 Å². The minimum Gasteiger partial charge on any atom is -0.493 e. The molecular formula is C22H32N2O2. The SMILES string of the molecule is CC[C@@H]1CCCCN1Cc1c(C)[nH]c2ccc(OCC(C)C)cc2c1=O. The van der Waals surface area contributed by atoms with Crippen molar-refractivity contribution in [3.63, 3.8) is 0 Å². The molecule has 0 bridgehead atoms. The molecule has 4 nitrogen and oxygen atoms in total. The van der Waals surface area contributed by atoms with Crippen molar-refractivity contribution in [2.24, 2.45) is 5.92 Å². The fraction of sp³-hybridized carbons (Fsp3) is 0.591. The van der Waals surface area contributed by atoms with Crippen LogP contribution in [-0.2, 0) is 6.54 Å². The van der Waals surface area contributed by atoms with Crippen LogP contribution in [0.4, 0.5) is 0 Å². The molecule has 142 valence electrons. The molecule has 2 aromatic rings. The first-order valence-corrected chi connectivity index (χ1v) is 10.0. The Kier molecular flexibility index (Phi) is 6.02. The summed E-state index contributed by atoms with van der Waals surface area (Å²) in [6.45, 7) is 11.0. The third kappa shape index (κ3) is 4.12. The van der Waals surface area contributed by atoms with Crippen LogP contribution in [0.15, 0.2) is 23.0 Å². The zero-order chi connectivity index (χ0) is 18.7. The van der Waals surface area contributed by atoms with E-state index in [0.29, 0.717) is 18.6 Å². The van der Waals surface area contributed by atoms with Crippen LogP contribution in [0.25, 0.3) is 10.9 Å². The lowest BCUT2D eigenvalue weighted by Crippen LogP contribution is -2.39. The molecule has 1 atom stereocenters. The smallest absolute Gasteiger partial charge is 0.194 e. The summed E-state index contributed by atoms with van der Waals surface area (Å²) >= 11 is 0. The summed E-state index contributed by atoms with van der Waals surface area (Å²) in [6.07, 6.45) is 4.93. The van der Waals surface area contributed by atoms with Crippen molar-refractivity contribution < 1.29 is 4.74 Å². The molecule has 0 saturated carbocycles. The average molecular weight is 357 g/mol. The van der Waals surface area contributed by atoms with Gasteiger partial charge in [-0.2, -0.15) is 0 Å². The van der Waals surface area contributed by atoms with Crippen LogP contribution in [0.1, 0.15) is 57.7 Å². The molecule has 4 heteroatoms. The van der Waals surface area contributed by atoms with Crippen LogP contribution in [0.5, 0.6) is 5.75 Å². The van der Waals surface area contributed by atoms with Gasteiger partial charge < -0.3 is 9.72 Å². The molecule has 1 fully saturated rings. The van der Waals surface area contributed by atoms with Crippen molar-refractivity contribution in [3.05, 3.63) is 39.7 Å². The number of fused-ring (bicyclic) bond motifs is 1. The zero-order valence-electron chi connectivity index (χ0n) is 16.6. The van der Waals surface area contributed by atoms with Gasteiger partial charge in [0.1, 0.15) is 5.75 Å². The Morgan fingerprint density at radius 2 is 2.12 bits per heavy atom. The summed E-state index contributed by atoms with van der Waals surface area (Å²) in [7, 11) is 0. The van der Waals surface area contributed by atoms with Crippen LogP contribution < -0.4 is 10.2 Å². The van der Waals surface area contributed by atoms with Gasteiger partial charge in [-0.05, 0) is 56.8 Å². The summed E-state index contributed by atoms with van der Waals surface area (Å²) in [5.74, 6) is 1.23. The maximum atomic E-state index is 13.2. The number of aromatic nitrogens is 1. The lowest BCUT2D eigenvalue weighted by molar-refractivity contribution is 0.135. The number of ether oxygens (including phenoxy) is 1. The van der Waals surface area contributed by atoms with E-state index in [1.807, 2.05) is 25.1 Å². The second-order valence-electron chi connectivity index (χ2n) is 8.00. The van der Waals surface area contributed by atoms with Gasteiger partial charge in [-0.1, -0.05) is 27.2 Å². The Morgan fingerprint density at radius 1 is 1.31 bits per heavy atom. The molecule has 26 heavy (non-hydrogen) atoms. The first kappa shape index (κ1) is 19.0. The zero-order valence-corrected chi connectivity index (χ0v) is 16.6. The third-order valence-electron chi connectivity index (χ3n) is 5.45. The predicted molar refractivity (Wildman–Crippen MR) is 108 cm³/mol. The highest BCUT2D eigenvalue weighted by Gasteiger charge is 2.23. The van der Waals surface area contributed by atoms with Crippen molar-refractivity contribution in [3.8, 4) is 5.75 Å². The summed E-state index contributed by atoms with van der Waals surface area (Å²) in [6, 6.07) is 6.39. The van der Waals surface area contributed by atoms with E-state index in [1.54, 1.807) is 0 Å². The number of hydrogen-bond donors (Lipinski definition) is 1. The Hall–Kier alpha value is -1.81. The molecule has 0 unspecified atom stereocenters. The summed E-state index contributed by atoms with van der Waals surface area (Å²) < 4.78 is 5.82. The monoisotopic (exact) mass is 356 g/mol. The van der Waals surface area contributed by atoms with Gasteiger partial charge in [0.15, 0.2) is 5.43 Å². The second kappa shape index (κ2) is 8.26. The number of rotatable bonds is 6. The minimum atomic E-state index is 0.145. The Labute approximate surface area is 156 Å². The lowest BCUT2D eigenvalue weighted by atomic mass is 9.98. The van der Waals surface area contributed by atoms with Crippen molar-refractivity contribution in [1.82, 2.24) is 9.88 Å². The van der Waals surface area contributed by atoms with E-state index in [4.69, 9.17) is 4.74 Å². The lowest BCUT2D eigenvalue weighted by Gasteiger charge is -2.35. The van der Waals surface area contributed by atoms with Gasteiger partial charge in [-0.25, -0.2) is 0 Å². The van der Waals surface area contributed by atoms with Gasteiger partial charge in [0.05, 0.1) is 6.61 Å². The number of aryl methyl sites for hydroxylation is 1. The molecule has 1 aromatic heterocycles. The van der Waals surface area contributed by atoms with E-state index in [-0.39, 0.29) is 5.43 Å². The van der Waals surface area contributed by atoms with Crippen molar-refractivity contribution >= 4 is 10.9 Å². The minimum absolute atomic E-state index is 0.145. The number of nitrogens with one attached hydrogen (secondary N) is 1. The average Bonchev–Trinajstić information content (AvgIpc) is 2.64. The molecule has 1 aliphatic heterocycles. The third-order valence-corrected chi connectivity index (χ3v) is 5.45. The number of nitrogens with zero attached hydrogens (tertiary/aromatic N) is 1. The van der Waals surface area contributed by atoms with Gasteiger partial charge in [0.2, 0.25) is 0 Å². The topological polar surface area (TPSA) is 45.3 Å². The van der Waals surface area contributed by atoms with Crippen molar-refractivity contribution in [2.45, 2.75) is 66.0 Å². The molecule has 0 radical (unpaired) electrons. The van der Waals surface area contributed by atoms with Crippen LogP contribution in [0.2, 0.25) is 0 Å². The van der Waals surface area contributed by atoms with Crippen LogP contribution >= 0.6 is 0 Å². The number of pyridine rings is 1. The fourth-order valence-corrected chi connectivity index (χ4v) is 3.91. The number of H-pyrrole nitrogens is 1. The Bertz CT molecular complexity index is 810. The van der Waals surface area contributed by atoms with Crippen molar-refractivity contribution in [2.75, 3.05) is 13.2 Å². The number of benzene rings is 1. The molecule has 0 aliphatic carbocycles. The summed E-state index contributed by atoms with van der Waals surface area (Å²) in [5.41, 5.74) is 2.92. The largest absolute Gasteiger partial charge is 0.493 e. The number of piperidine rings is 1. The van der Waals surface area contributed by atoms with Gasteiger partial charge >= 0.3 is 0 Å². The maximum Gasteiger partial charge on any atom is 0.194 e. The van der Waals surface area contributed by atoms with Crippen LogP contribution in [-0.4, -0.2) is 29.1 Å². The molecule has 1 saturated heterocycles. The maximum absolute atomic E-state index is 13.2. The van der Waals surface area contributed by atoms with Crippen LogP contribution in [0.3, 0.4) is 0 Å². The summed E-state index contributed by atoms with van der Waals surface area (Å²) in [4.78, 5) is 19.1. The van der Waals surface area contributed by atoms with E-state index >= 15 is 0 Å². The molecular weight excluding hydrogens is 324 g/mol. The molecule has 0 spiro atoms. The first-order valence-electron chi connectivity index (χ1n) is 10.0. The van der Waals surface area contributed by atoms with E-state index in [9.17, 15) is 4.79 Å². The number of likely N-dealkylation sites (tertiary alicyclic amines) is 1. The van der Waals surface area contributed by atoms with E-state index in [2.05, 4.69) is 30.7 Å². The highest BCUT2D eigenvalue weighted by atomic mass is 16.5. The van der Waals surface area contributed by atoms with Gasteiger partial charge in [0, 0.05) is 34.7 Å². The fourth-order valence-electron chi connectivity index (χ4n) is 3.91. The molecule has 1 aliphatic rings. The Morgan fingerprint density at radius 3 is 2.85 bits per heavy atom. The van der Waals surface area contributed by atoms with Gasteiger partial charge in [-0.3, -0.25) is 9.69 Å².